The summed E-state index contributed by atoms with van der Waals surface area (Å²) < 4.78 is 5.96. The third-order valence-corrected chi connectivity index (χ3v) is 6.19. The molecular weight excluding hydrogens is 430 g/mol. The molecule has 4 aromatic rings. The second-order valence-electron chi connectivity index (χ2n) is 7.99. The summed E-state index contributed by atoms with van der Waals surface area (Å²) in [6, 6.07) is 9.63. The van der Waals surface area contributed by atoms with E-state index in [4.69, 9.17) is 11.6 Å². The molecule has 0 N–H and O–H groups in total. The van der Waals surface area contributed by atoms with E-state index in [1.54, 1.807) is 7.05 Å². The van der Waals surface area contributed by atoms with Gasteiger partial charge in [-0.25, -0.2) is 9.78 Å². The van der Waals surface area contributed by atoms with Crippen LogP contribution >= 0.6 is 11.6 Å². The quantitative estimate of drug-likeness (QED) is 0.420. The van der Waals surface area contributed by atoms with Gasteiger partial charge in [-0.2, -0.15) is 0 Å². The summed E-state index contributed by atoms with van der Waals surface area (Å²) in [5.74, 6) is -0.119. The lowest BCUT2D eigenvalue weighted by atomic mass is 10.1. The molecule has 0 atom stereocenters. The van der Waals surface area contributed by atoms with Gasteiger partial charge < -0.3 is 9.13 Å². The number of hydrogen-bond donors (Lipinski definition) is 0. The van der Waals surface area contributed by atoms with Crippen LogP contribution < -0.4 is 11.2 Å². The van der Waals surface area contributed by atoms with Crippen molar-refractivity contribution in [1.29, 1.82) is 0 Å². The minimum Gasteiger partial charge on any atom is -0.348 e. The molecule has 0 aliphatic carbocycles. The lowest BCUT2D eigenvalue weighted by molar-refractivity contribution is 0.0972. The van der Waals surface area contributed by atoms with Gasteiger partial charge in [-0.3, -0.25) is 18.7 Å². The van der Waals surface area contributed by atoms with Gasteiger partial charge in [0.25, 0.3) is 5.56 Å². The first kappa shape index (κ1) is 21.8. The van der Waals surface area contributed by atoms with E-state index >= 15 is 0 Å². The molecule has 8 nitrogen and oxygen atoms in total. The predicted octanol–water partition coefficient (Wildman–Crippen LogP) is 2.63. The highest BCUT2D eigenvalue weighted by molar-refractivity contribution is 6.30. The largest absolute Gasteiger partial charge is 0.348 e. The van der Waals surface area contributed by atoms with Crippen LogP contribution in [0.3, 0.4) is 0 Å². The van der Waals surface area contributed by atoms with Crippen LogP contribution in [0.5, 0.6) is 0 Å². The first-order valence-electron chi connectivity index (χ1n) is 10.2. The van der Waals surface area contributed by atoms with Gasteiger partial charge >= 0.3 is 5.69 Å². The van der Waals surface area contributed by atoms with E-state index in [0.717, 1.165) is 28.9 Å². The maximum atomic E-state index is 13.1. The average Bonchev–Trinajstić information content (AvgIpc) is 3.31. The molecule has 0 amide bonds. The molecule has 166 valence electrons. The van der Waals surface area contributed by atoms with Gasteiger partial charge in [0.2, 0.25) is 0 Å². The van der Waals surface area contributed by atoms with Gasteiger partial charge in [0.05, 0.1) is 12.9 Å². The maximum absolute atomic E-state index is 13.1. The Bertz CT molecular complexity index is 1450. The Morgan fingerprint density at radius 2 is 1.75 bits per heavy atom. The van der Waals surface area contributed by atoms with Crippen molar-refractivity contribution in [2.75, 3.05) is 0 Å². The molecule has 3 heterocycles. The van der Waals surface area contributed by atoms with Crippen LogP contribution in [0.4, 0.5) is 0 Å². The summed E-state index contributed by atoms with van der Waals surface area (Å²) in [6.07, 6.45) is 2.25. The van der Waals surface area contributed by atoms with Crippen molar-refractivity contribution < 1.29 is 4.79 Å². The Kier molecular flexibility index (Phi) is 5.64. The lowest BCUT2D eigenvalue weighted by Gasteiger charge is -2.10. The zero-order valence-electron chi connectivity index (χ0n) is 18.4. The van der Waals surface area contributed by atoms with Gasteiger partial charge in [0, 0.05) is 42.6 Å². The zero-order chi connectivity index (χ0) is 23.2. The number of nitrogens with zero attached hydrogens (tertiary/aromatic N) is 5. The summed E-state index contributed by atoms with van der Waals surface area (Å²) in [5.41, 5.74) is 3.23. The second-order valence-corrected chi connectivity index (χ2v) is 8.42. The fraction of sp³-hybridized carbons (Fsp3) is 0.304. The van der Waals surface area contributed by atoms with Crippen molar-refractivity contribution in [2.24, 2.45) is 14.1 Å². The average molecular weight is 454 g/mol. The van der Waals surface area contributed by atoms with E-state index in [0.29, 0.717) is 10.6 Å². The molecule has 0 spiro atoms. The summed E-state index contributed by atoms with van der Waals surface area (Å²) in [7, 11) is 2.97. The Labute approximate surface area is 189 Å². The van der Waals surface area contributed by atoms with Crippen molar-refractivity contribution >= 4 is 28.5 Å². The third kappa shape index (κ3) is 3.71. The number of aromatic nitrogens is 5. The fourth-order valence-corrected chi connectivity index (χ4v) is 4.20. The monoisotopic (exact) mass is 453 g/mol. The number of benzene rings is 1. The Morgan fingerprint density at radius 1 is 1.06 bits per heavy atom. The summed E-state index contributed by atoms with van der Waals surface area (Å²) in [5, 5.41) is 0.705. The molecule has 32 heavy (non-hydrogen) atoms. The highest BCUT2D eigenvalue weighted by atomic mass is 35.5. The number of rotatable bonds is 6. The first-order valence-corrected chi connectivity index (χ1v) is 10.6. The number of aryl methyl sites for hydroxylation is 3. The van der Waals surface area contributed by atoms with Crippen LogP contribution in [-0.4, -0.2) is 29.0 Å². The fourth-order valence-electron chi connectivity index (χ4n) is 4.08. The molecule has 0 saturated carbocycles. The summed E-state index contributed by atoms with van der Waals surface area (Å²) in [6.45, 7) is 4.61. The van der Waals surface area contributed by atoms with Crippen LogP contribution in [0, 0.1) is 13.8 Å². The Morgan fingerprint density at radius 3 is 2.44 bits per heavy atom. The molecule has 0 fully saturated rings. The standard InChI is InChI=1S/C23H24ClN5O3/c1-14-11-18(15(2)29(14)10-9-16-5-7-17(24)8-6-16)19(30)12-28-13-25-21-20(28)22(31)27(4)23(32)26(21)3/h5-8,11,13H,9-10,12H2,1-4H3. The molecule has 9 heteroatoms. The van der Waals surface area contributed by atoms with Crippen molar-refractivity contribution in [3.8, 4) is 0 Å². The van der Waals surface area contributed by atoms with E-state index in [1.807, 2.05) is 44.2 Å². The lowest BCUT2D eigenvalue weighted by Crippen LogP contribution is -2.37. The van der Waals surface area contributed by atoms with Crippen LogP contribution in [0.1, 0.15) is 27.3 Å². The van der Waals surface area contributed by atoms with Gasteiger partial charge in [0.15, 0.2) is 16.9 Å². The molecule has 0 aliphatic heterocycles. The van der Waals surface area contributed by atoms with Crippen molar-refractivity contribution in [3.05, 3.63) is 85.0 Å². The van der Waals surface area contributed by atoms with Crippen LogP contribution in [0.2, 0.25) is 5.02 Å². The number of fused-ring (bicyclic) bond motifs is 1. The predicted molar refractivity (Wildman–Crippen MR) is 124 cm³/mol. The van der Waals surface area contributed by atoms with E-state index in [2.05, 4.69) is 9.55 Å². The maximum Gasteiger partial charge on any atom is 0.332 e. The number of halogens is 1. The van der Waals surface area contributed by atoms with Gasteiger partial charge in [-0.1, -0.05) is 23.7 Å². The zero-order valence-corrected chi connectivity index (χ0v) is 19.2. The molecule has 0 saturated heterocycles. The number of imidazole rings is 1. The third-order valence-electron chi connectivity index (χ3n) is 5.94. The van der Waals surface area contributed by atoms with Crippen LogP contribution in [0.25, 0.3) is 11.2 Å². The van der Waals surface area contributed by atoms with Crippen molar-refractivity contribution in [2.45, 2.75) is 33.4 Å². The van der Waals surface area contributed by atoms with E-state index in [9.17, 15) is 14.4 Å². The number of carbonyl (C=O) groups excluding carboxylic acids is 1. The smallest absolute Gasteiger partial charge is 0.332 e. The number of carbonyl (C=O) groups is 1. The normalized spacial score (nSPS) is 11.4. The highest BCUT2D eigenvalue weighted by Gasteiger charge is 2.20. The van der Waals surface area contributed by atoms with Crippen LogP contribution in [-0.2, 0) is 33.6 Å². The molecule has 0 bridgehead atoms. The van der Waals surface area contributed by atoms with Gasteiger partial charge in [0.1, 0.15) is 0 Å². The highest BCUT2D eigenvalue weighted by Crippen LogP contribution is 2.19. The summed E-state index contributed by atoms with van der Waals surface area (Å²) >= 11 is 5.96. The number of ketones is 1. The SMILES string of the molecule is Cc1cc(C(=O)Cn2cnc3c2c(=O)n(C)c(=O)n3C)c(C)n1CCc1ccc(Cl)cc1. The second kappa shape index (κ2) is 8.27. The van der Waals surface area contributed by atoms with Crippen LogP contribution in [0.15, 0.2) is 46.2 Å². The molecule has 1 aromatic carbocycles. The molecule has 4 rings (SSSR count). The van der Waals surface area contributed by atoms with E-state index in [1.165, 1.54) is 28.1 Å². The molecule has 0 aliphatic rings. The molecular formula is C23H24ClN5O3. The molecule has 3 aromatic heterocycles. The van der Waals surface area contributed by atoms with E-state index < -0.39 is 11.2 Å². The van der Waals surface area contributed by atoms with Gasteiger partial charge in [-0.15, -0.1) is 0 Å². The molecule has 0 unspecified atom stereocenters. The van der Waals surface area contributed by atoms with Crippen molar-refractivity contribution in [1.82, 2.24) is 23.3 Å². The number of hydrogen-bond acceptors (Lipinski definition) is 4. The Balaban J connectivity index is 1.61. The minimum atomic E-state index is -0.471. The van der Waals surface area contributed by atoms with Crippen molar-refractivity contribution in [3.63, 3.8) is 0 Å². The Hall–Kier alpha value is -3.39. The van der Waals surface area contributed by atoms with Gasteiger partial charge in [-0.05, 0) is 44.0 Å². The minimum absolute atomic E-state index is 0.0363. The summed E-state index contributed by atoms with van der Waals surface area (Å²) in [4.78, 5) is 42.1. The molecule has 0 radical (unpaired) electrons. The topological polar surface area (TPSA) is 83.8 Å². The first-order chi connectivity index (χ1) is 15.2. The number of Topliss-reactive ketones (excluding diaryl/α,β-unsaturated/α-hetero) is 1. The van der Waals surface area contributed by atoms with E-state index in [-0.39, 0.29) is 23.5 Å².